The van der Waals surface area contributed by atoms with Gasteiger partial charge in [-0.25, -0.2) is 0 Å². The minimum absolute atomic E-state index is 0.642. The van der Waals surface area contributed by atoms with Crippen molar-refractivity contribution in [1.29, 1.82) is 0 Å². The number of methoxy groups -OCH3 is 1. The summed E-state index contributed by atoms with van der Waals surface area (Å²) < 4.78 is 5.18. The van der Waals surface area contributed by atoms with E-state index in [4.69, 9.17) is 4.74 Å². The minimum atomic E-state index is 0.642. The maximum atomic E-state index is 5.18. The van der Waals surface area contributed by atoms with Crippen molar-refractivity contribution in [3.05, 3.63) is 59.7 Å². The largest absolute Gasteiger partial charge is 0.380 e. The van der Waals surface area contributed by atoms with Gasteiger partial charge in [-0.15, -0.1) is 0 Å². The molecule has 0 aliphatic heterocycles. The molecule has 0 aliphatic carbocycles. The van der Waals surface area contributed by atoms with Crippen molar-refractivity contribution < 1.29 is 4.74 Å². The summed E-state index contributed by atoms with van der Waals surface area (Å²) in [6, 6.07) is 8.26. The molecule has 1 aromatic carbocycles. The lowest BCUT2D eigenvalue weighted by atomic mass is 10.1. The van der Waals surface area contributed by atoms with E-state index in [1.807, 2.05) is 12.1 Å². The first-order chi connectivity index (χ1) is 8.90. The summed E-state index contributed by atoms with van der Waals surface area (Å²) in [5.74, 6) is 0. The van der Waals surface area contributed by atoms with Crippen molar-refractivity contribution in [3.63, 3.8) is 0 Å². The average Bonchev–Trinajstić information content (AvgIpc) is 2.42. The lowest BCUT2D eigenvalue weighted by Gasteiger charge is -2.09. The van der Waals surface area contributed by atoms with Crippen LogP contribution in [-0.4, -0.2) is 17.1 Å². The van der Waals surface area contributed by atoms with E-state index in [0.29, 0.717) is 6.61 Å². The molecule has 1 N–H and O–H groups in total. The van der Waals surface area contributed by atoms with Crippen molar-refractivity contribution in [2.24, 2.45) is 0 Å². The molecule has 0 saturated carbocycles. The van der Waals surface area contributed by atoms with E-state index in [1.54, 1.807) is 25.7 Å². The third-order valence-corrected chi connectivity index (χ3v) is 2.66. The van der Waals surface area contributed by atoms with Crippen LogP contribution in [-0.2, 0) is 24.4 Å². The van der Waals surface area contributed by atoms with Gasteiger partial charge < -0.3 is 10.1 Å². The number of benzene rings is 1. The predicted molar refractivity (Wildman–Crippen MR) is 69.7 cm³/mol. The van der Waals surface area contributed by atoms with Crippen molar-refractivity contribution >= 4 is 0 Å². The van der Waals surface area contributed by atoms with Crippen LogP contribution in [0.25, 0.3) is 0 Å². The summed E-state index contributed by atoms with van der Waals surface area (Å²) in [5.41, 5.74) is 3.41. The van der Waals surface area contributed by atoms with Crippen LogP contribution in [0.5, 0.6) is 0 Å². The molecule has 0 fully saturated rings. The molecule has 1 aromatic heterocycles. The van der Waals surface area contributed by atoms with E-state index in [2.05, 4.69) is 27.4 Å². The predicted octanol–water partition coefficient (Wildman–Crippen LogP) is 1.91. The van der Waals surface area contributed by atoms with Crippen LogP contribution in [0.15, 0.2) is 42.9 Å². The summed E-state index contributed by atoms with van der Waals surface area (Å²) in [5, 5.41) is 3.36. The number of aromatic nitrogens is 2. The van der Waals surface area contributed by atoms with E-state index in [9.17, 15) is 0 Å². The fourth-order valence-electron chi connectivity index (χ4n) is 1.77. The average molecular weight is 243 g/mol. The molecule has 2 aromatic rings. The molecule has 0 spiro atoms. The standard InChI is InChI=1S/C14H17N3O/c1-18-11-13-5-3-2-4-12(13)8-16-10-14-9-15-6-7-17-14/h2-7,9,16H,8,10-11H2,1H3. The van der Waals surface area contributed by atoms with E-state index < -0.39 is 0 Å². The van der Waals surface area contributed by atoms with Gasteiger partial charge in [0.05, 0.1) is 12.3 Å². The normalized spacial score (nSPS) is 10.5. The zero-order chi connectivity index (χ0) is 12.6. The molecule has 0 atom stereocenters. The first-order valence-corrected chi connectivity index (χ1v) is 5.91. The third-order valence-electron chi connectivity index (χ3n) is 2.66. The van der Waals surface area contributed by atoms with Gasteiger partial charge in [-0.1, -0.05) is 24.3 Å². The topological polar surface area (TPSA) is 47.0 Å². The zero-order valence-electron chi connectivity index (χ0n) is 10.5. The monoisotopic (exact) mass is 243 g/mol. The van der Waals surface area contributed by atoms with Gasteiger partial charge in [0.15, 0.2) is 0 Å². The number of rotatable bonds is 6. The van der Waals surface area contributed by atoms with Crippen molar-refractivity contribution in [1.82, 2.24) is 15.3 Å². The van der Waals surface area contributed by atoms with Crippen LogP contribution in [0.1, 0.15) is 16.8 Å². The van der Waals surface area contributed by atoms with Gasteiger partial charge >= 0.3 is 0 Å². The Hall–Kier alpha value is -1.78. The summed E-state index contributed by atoms with van der Waals surface area (Å²) in [6.07, 6.45) is 5.15. The van der Waals surface area contributed by atoms with E-state index in [-0.39, 0.29) is 0 Å². The molecule has 0 aliphatic rings. The molecule has 0 bridgehead atoms. The van der Waals surface area contributed by atoms with Gasteiger partial charge in [-0.3, -0.25) is 9.97 Å². The molecule has 94 valence electrons. The van der Waals surface area contributed by atoms with Crippen LogP contribution < -0.4 is 5.32 Å². The summed E-state index contributed by atoms with van der Waals surface area (Å²) >= 11 is 0. The molecule has 4 nitrogen and oxygen atoms in total. The Morgan fingerprint density at radius 1 is 1.11 bits per heavy atom. The first-order valence-electron chi connectivity index (χ1n) is 5.91. The Labute approximate surface area is 107 Å². The van der Waals surface area contributed by atoms with Crippen LogP contribution >= 0.6 is 0 Å². The lowest BCUT2D eigenvalue weighted by Crippen LogP contribution is -2.15. The Balaban J connectivity index is 1.90. The van der Waals surface area contributed by atoms with Crippen LogP contribution in [0.2, 0.25) is 0 Å². The Kier molecular flexibility index (Phi) is 4.81. The quantitative estimate of drug-likeness (QED) is 0.842. The molecule has 2 rings (SSSR count). The Morgan fingerprint density at radius 2 is 1.94 bits per heavy atom. The van der Waals surface area contributed by atoms with Crippen molar-refractivity contribution in [2.45, 2.75) is 19.7 Å². The van der Waals surface area contributed by atoms with Crippen molar-refractivity contribution in [3.8, 4) is 0 Å². The number of ether oxygens (including phenoxy) is 1. The number of nitrogens with one attached hydrogen (secondary N) is 1. The van der Waals surface area contributed by atoms with E-state index in [0.717, 1.165) is 18.8 Å². The highest BCUT2D eigenvalue weighted by atomic mass is 16.5. The summed E-state index contributed by atoms with van der Waals surface area (Å²) in [4.78, 5) is 8.25. The first kappa shape index (κ1) is 12.7. The lowest BCUT2D eigenvalue weighted by molar-refractivity contribution is 0.184. The van der Waals surface area contributed by atoms with E-state index >= 15 is 0 Å². The Bertz CT molecular complexity index is 473. The van der Waals surface area contributed by atoms with Gasteiger partial charge in [-0.05, 0) is 11.1 Å². The molecule has 0 unspecified atom stereocenters. The van der Waals surface area contributed by atoms with Gasteiger partial charge in [0, 0.05) is 38.8 Å². The second-order valence-electron chi connectivity index (χ2n) is 4.00. The molecular formula is C14H17N3O. The number of hydrogen-bond donors (Lipinski definition) is 1. The molecule has 0 amide bonds. The molecule has 0 saturated heterocycles. The maximum Gasteiger partial charge on any atom is 0.0724 e. The van der Waals surface area contributed by atoms with Crippen LogP contribution in [0.3, 0.4) is 0 Å². The molecule has 0 radical (unpaired) electrons. The molecule has 18 heavy (non-hydrogen) atoms. The van der Waals surface area contributed by atoms with Crippen LogP contribution in [0, 0.1) is 0 Å². The highest BCUT2D eigenvalue weighted by Gasteiger charge is 2.01. The van der Waals surface area contributed by atoms with Crippen molar-refractivity contribution in [2.75, 3.05) is 7.11 Å². The zero-order valence-corrected chi connectivity index (χ0v) is 10.5. The Morgan fingerprint density at radius 3 is 2.67 bits per heavy atom. The van der Waals surface area contributed by atoms with Gasteiger partial charge in [0.2, 0.25) is 0 Å². The fourth-order valence-corrected chi connectivity index (χ4v) is 1.77. The highest BCUT2D eigenvalue weighted by Crippen LogP contribution is 2.09. The van der Waals surface area contributed by atoms with Gasteiger partial charge in [-0.2, -0.15) is 0 Å². The SMILES string of the molecule is COCc1ccccc1CNCc1cnccn1. The number of hydrogen-bond acceptors (Lipinski definition) is 4. The highest BCUT2D eigenvalue weighted by molar-refractivity contribution is 5.26. The van der Waals surface area contributed by atoms with Crippen LogP contribution in [0.4, 0.5) is 0 Å². The maximum absolute atomic E-state index is 5.18. The third kappa shape index (κ3) is 3.61. The molecule has 4 heteroatoms. The second kappa shape index (κ2) is 6.83. The second-order valence-corrected chi connectivity index (χ2v) is 4.00. The fraction of sp³-hybridized carbons (Fsp3) is 0.286. The smallest absolute Gasteiger partial charge is 0.0724 e. The summed E-state index contributed by atoms with van der Waals surface area (Å²) in [7, 11) is 1.71. The minimum Gasteiger partial charge on any atom is -0.380 e. The molecule has 1 heterocycles. The van der Waals surface area contributed by atoms with E-state index in [1.165, 1.54) is 11.1 Å². The number of nitrogens with zero attached hydrogens (tertiary/aromatic N) is 2. The van der Waals surface area contributed by atoms with Gasteiger partial charge in [0.25, 0.3) is 0 Å². The molecular weight excluding hydrogens is 226 g/mol. The van der Waals surface area contributed by atoms with Gasteiger partial charge in [0.1, 0.15) is 0 Å². The summed E-state index contributed by atoms with van der Waals surface area (Å²) in [6.45, 7) is 2.16.